The highest BCUT2D eigenvalue weighted by Gasteiger charge is 2.16. The number of nitrogens with one attached hydrogen (secondary N) is 1. The van der Waals surface area contributed by atoms with Crippen LogP contribution in [0.1, 0.15) is 23.3 Å². The van der Waals surface area contributed by atoms with E-state index in [1.165, 1.54) is 24.4 Å². The molecule has 0 spiro atoms. The van der Waals surface area contributed by atoms with Crippen LogP contribution in [0.4, 0.5) is 15.9 Å². The monoisotopic (exact) mass is 320 g/mol. The van der Waals surface area contributed by atoms with E-state index in [0.29, 0.717) is 11.5 Å². The van der Waals surface area contributed by atoms with Crippen LogP contribution in [-0.2, 0) is 0 Å². The van der Waals surface area contributed by atoms with E-state index in [-0.39, 0.29) is 10.7 Å². The van der Waals surface area contributed by atoms with Crippen LogP contribution >= 0.6 is 11.6 Å². The third-order valence-corrected chi connectivity index (χ3v) is 3.75. The molecule has 0 unspecified atom stereocenters. The Balaban J connectivity index is 1.76. The number of anilines is 2. The first-order chi connectivity index (χ1) is 10.6. The molecule has 2 heterocycles. The van der Waals surface area contributed by atoms with Crippen LogP contribution in [0.3, 0.4) is 0 Å². The zero-order valence-electron chi connectivity index (χ0n) is 11.7. The van der Waals surface area contributed by atoms with Gasteiger partial charge in [0, 0.05) is 18.8 Å². The Kier molecular flexibility index (Phi) is 4.20. The van der Waals surface area contributed by atoms with E-state index in [4.69, 9.17) is 11.6 Å². The third-order valence-electron chi connectivity index (χ3n) is 3.46. The van der Waals surface area contributed by atoms with Crippen molar-refractivity contribution in [1.82, 2.24) is 9.97 Å². The van der Waals surface area contributed by atoms with E-state index in [2.05, 4.69) is 20.2 Å². The Morgan fingerprint density at radius 3 is 2.77 bits per heavy atom. The Morgan fingerprint density at radius 1 is 1.27 bits per heavy atom. The molecular formula is C15H14ClFN4O. The molecule has 5 nitrogen and oxygen atoms in total. The van der Waals surface area contributed by atoms with Gasteiger partial charge in [0.25, 0.3) is 5.91 Å². The Labute approximate surface area is 132 Å². The maximum Gasteiger partial charge on any atom is 0.275 e. The first-order valence-electron chi connectivity index (χ1n) is 6.97. The van der Waals surface area contributed by atoms with E-state index >= 15 is 0 Å². The quantitative estimate of drug-likeness (QED) is 0.944. The highest BCUT2D eigenvalue weighted by Crippen LogP contribution is 2.20. The van der Waals surface area contributed by atoms with Crippen LogP contribution in [0.5, 0.6) is 0 Å². The number of aromatic nitrogens is 2. The number of hydrogen-bond acceptors (Lipinski definition) is 4. The van der Waals surface area contributed by atoms with Gasteiger partial charge >= 0.3 is 0 Å². The topological polar surface area (TPSA) is 58.1 Å². The van der Waals surface area contributed by atoms with Crippen LogP contribution < -0.4 is 10.2 Å². The lowest BCUT2D eigenvalue weighted by Crippen LogP contribution is -2.21. The number of rotatable bonds is 3. The van der Waals surface area contributed by atoms with Crippen molar-refractivity contribution in [2.75, 3.05) is 23.3 Å². The minimum atomic E-state index is -0.532. The van der Waals surface area contributed by atoms with Crippen molar-refractivity contribution in [1.29, 1.82) is 0 Å². The summed E-state index contributed by atoms with van der Waals surface area (Å²) in [5.41, 5.74) is 0.620. The SMILES string of the molecule is O=C(Nc1ccc(F)c(Cl)c1)c1cncc(N2CCCC2)n1. The zero-order valence-corrected chi connectivity index (χ0v) is 12.5. The molecule has 0 aliphatic carbocycles. The van der Waals surface area contributed by atoms with Crippen molar-refractivity contribution in [3.63, 3.8) is 0 Å². The molecule has 1 aromatic carbocycles. The van der Waals surface area contributed by atoms with Gasteiger partial charge in [-0.15, -0.1) is 0 Å². The van der Waals surface area contributed by atoms with Crippen LogP contribution in [0.25, 0.3) is 0 Å². The average Bonchev–Trinajstić information content (AvgIpc) is 3.05. The van der Waals surface area contributed by atoms with Crippen LogP contribution in [0.2, 0.25) is 5.02 Å². The fourth-order valence-corrected chi connectivity index (χ4v) is 2.51. The number of amides is 1. The van der Waals surface area contributed by atoms with Crippen molar-refractivity contribution < 1.29 is 9.18 Å². The summed E-state index contributed by atoms with van der Waals surface area (Å²) in [6.45, 7) is 1.85. The second kappa shape index (κ2) is 6.27. The fraction of sp³-hybridized carbons (Fsp3) is 0.267. The smallest absolute Gasteiger partial charge is 0.275 e. The first kappa shape index (κ1) is 14.7. The van der Waals surface area contributed by atoms with Gasteiger partial charge < -0.3 is 10.2 Å². The molecule has 0 radical (unpaired) electrons. The number of nitrogens with zero attached hydrogens (tertiary/aromatic N) is 3. The molecule has 1 saturated heterocycles. The van der Waals surface area contributed by atoms with Gasteiger partial charge in [-0.3, -0.25) is 9.78 Å². The standard InChI is InChI=1S/C15H14ClFN4O/c16-11-7-10(3-4-12(11)17)19-15(22)13-8-18-9-14(20-13)21-5-1-2-6-21/h3-4,7-9H,1-2,5-6H2,(H,19,22). The summed E-state index contributed by atoms with van der Waals surface area (Å²) in [6.07, 6.45) is 5.29. The van der Waals surface area contributed by atoms with Crippen molar-refractivity contribution >= 4 is 29.0 Å². The molecule has 1 aliphatic heterocycles. The van der Waals surface area contributed by atoms with Crippen molar-refractivity contribution in [3.8, 4) is 0 Å². The minimum Gasteiger partial charge on any atom is -0.355 e. The average molecular weight is 321 g/mol. The maximum absolute atomic E-state index is 13.1. The molecule has 1 fully saturated rings. The number of halogens is 2. The molecule has 1 N–H and O–H groups in total. The van der Waals surface area contributed by atoms with Gasteiger partial charge in [-0.25, -0.2) is 9.37 Å². The molecule has 1 aliphatic rings. The molecule has 1 aromatic heterocycles. The summed E-state index contributed by atoms with van der Waals surface area (Å²) in [5, 5.41) is 2.59. The van der Waals surface area contributed by atoms with Crippen LogP contribution in [0, 0.1) is 5.82 Å². The van der Waals surface area contributed by atoms with Crippen molar-refractivity contribution in [3.05, 3.63) is 47.1 Å². The molecule has 22 heavy (non-hydrogen) atoms. The summed E-state index contributed by atoms with van der Waals surface area (Å²) >= 11 is 5.69. The first-order valence-corrected chi connectivity index (χ1v) is 7.35. The zero-order chi connectivity index (χ0) is 15.5. The maximum atomic E-state index is 13.1. The second-order valence-corrected chi connectivity index (χ2v) is 5.45. The molecule has 2 aromatic rings. The van der Waals surface area contributed by atoms with Gasteiger partial charge in [0.05, 0.1) is 17.4 Å². The Hall–Kier alpha value is -2.21. The molecule has 0 bridgehead atoms. The van der Waals surface area contributed by atoms with Gasteiger partial charge in [0.1, 0.15) is 17.3 Å². The van der Waals surface area contributed by atoms with Crippen molar-refractivity contribution in [2.24, 2.45) is 0 Å². The molecule has 114 valence electrons. The van der Waals surface area contributed by atoms with Crippen LogP contribution in [0.15, 0.2) is 30.6 Å². The van der Waals surface area contributed by atoms with E-state index < -0.39 is 11.7 Å². The largest absolute Gasteiger partial charge is 0.355 e. The molecular weight excluding hydrogens is 307 g/mol. The van der Waals surface area contributed by atoms with Crippen molar-refractivity contribution in [2.45, 2.75) is 12.8 Å². The highest BCUT2D eigenvalue weighted by molar-refractivity contribution is 6.31. The Bertz CT molecular complexity index is 704. The summed E-state index contributed by atoms with van der Waals surface area (Å²) in [4.78, 5) is 22.7. The van der Waals surface area contributed by atoms with Gasteiger partial charge in [-0.05, 0) is 31.0 Å². The second-order valence-electron chi connectivity index (χ2n) is 5.04. The minimum absolute atomic E-state index is 0.0466. The lowest BCUT2D eigenvalue weighted by molar-refractivity contribution is 0.102. The third kappa shape index (κ3) is 3.17. The summed E-state index contributed by atoms with van der Waals surface area (Å²) in [7, 11) is 0. The molecule has 0 atom stereocenters. The lowest BCUT2D eigenvalue weighted by atomic mass is 10.3. The summed E-state index contributed by atoms with van der Waals surface area (Å²) < 4.78 is 13.1. The predicted molar refractivity (Wildman–Crippen MR) is 82.8 cm³/mol. The van der Waals surface area contributed by atoms with E-state index in [1.54, 1.807) is 6.20 Å². The highest BCUT2D eigenvalue weighted by atomic mass is 35.5. The number of hydrogen-bond donors (Lipinski definition) is 1. The number of carbonyl (C=O) groups is 1. The number of carbonyl (C=O) groups excluding carboxylic acids is 1. The van der Waals surface area contributed by atoms with Gasteiger partial charge in [-0.1, -0.05) is 11.6 Å². The lowest BCUT2D eigenvalue weighted by Gasteiger charge is -2.16. The van der Waals surface area contributed by atoms with E-state index in [0.717, 1.165) is 25.9 Å². The predicted octanol–water partition coefficient (Wildman–Crippen LogP) is 3.12. The van der Waals surface area contributed by atoms with E-state index in [9.17, 15) is 9.18 Å². The number of benzene rings is 1. The van der Waals surface area contributed by atoms with Gasteiger partial charge in [0.2, 0.25) is 0 Å². The van der Waals surface area contributed by atoms with Gasteiger partial charge in [-0.2, -0.15) is 0 Å². The molecule has 7 heteroatoms. The van der Waals surface area contributed by atoms with Gasteiger partial charge in [0.15, 0.2) is 0 Å². The molecule has 3 rings (SSSR count). The van der Waals surface area contributed by atoms with E-state index in [1.807, 2.05) is 0 Å². The summed E-state index contributed by atoms with van der Waals surface area (Å²) in [5.74, 6) is -0.242. The molecule has 0 saturated carbocycles. The Morgan fingerprint density at radius 2 is 2.05 bits per heavy atom. The molecule has 1 amide bonds. The fourth-order valence-electron chi connectivity index (χ4n) is 2.33. The summed E-state index contributed by atoms with van der Waals surface area (Å²) in [6, 6.07) is 3.99. The van der Waals surface area contributed by atoms with Crippen LogP contribution in [-0.4, -0.2) is 29.0 Å². The normalized spacial score (nSPS) is 14.2.